The van der Waals surface area contributed by atoms with Gasteiger partial charge in [0, 0.05) is 43.0 Å². The zero-order chi connectivity index (χ0) is 28.5. The second-order valence-electron chi connectivity index (χ2n) is 8.25. The molecule has 4 N–H and O–H groups in total. The molecule has 0 aliphatic heterocycles. The molecule has 0 aliphatic carbocycles. The van der Waals surface area contributed by atoms with Crippen LogP contribution in [0.5, 0.6) is 0 Å². The van der Waals surface area contributed by atoms with Crippen LogP contribution in [0.15, 0.2) is 94.7 Å². The molecular weight excluding hydrogens is 630 g/mol. The highest BCUT2D eigenvalue weighted by atomic mass is 35.5. The molecule has 4 aromatic rings. The lowest BCUT2D eigenvalue weighted by Gasteiger charge is -2.13. The number of benzene rings is 4. The highest BCUT2D eigenvalue weighted by Gasteiger charge is 2.15. The number of hydrogen-bond donors (Lipinski definition) is 4. The molecule has 206 valence electrons. The molecule has 0 heterocycles. The van der Waals surface area contributed by atoms with Gasteiger partial charge in [-0.3, -0.25) is 20.4 Å². The van der Waals surface area contributed by atoms with Crippen LogP contribution in [0.1, 0.15) is 31.8 Å². The van der Waals surface area contributed by atoms with E-state index in [0.29, 0.717) is 44.3 Å². The van der Waals surface area contributed by atoms with Crippen LogP contribution in [-0.4, -0.2) is 11.8 Å². The van der Waals surface area contributed by atoms with Gasteiger partial charge < -0.3 is 0 Å². The fourth-order valence-electron chi connectivity index (χ4n) is 3.45. The molecule has 0 spiro atoms. The first-order valence-electron chi connectivity index (χ1n) is 11.8. The number of rotatable bonds is 11. The van der Waals surface area contributed by atoms with Crippen molar-refractivity contribution in [2.45, 2.75) is 22.9 Å². The van der Waals surface area contributed by atoms with Crippen LogP contribution in [-0.2, 0) is 13.1 Å². The molecule has 0 saturated carbocycles. The quantitative estimate of drug-likeness (QED) is 0.0973. The van der Waals surface area contributed by atoms with E-state index >= 15 is 0 Å². The van der Waals surface area contributed by atoms with Crippen molar-refractivity contribution in [2.75, 3.05) is 0 Å². The zero-order valence-corrected chi connectivity index (χ0v) is 25.3. The standard InChI is InChI=1S/C28H22Cl4N4O2S2/c29-19-11-9-17(23(31)13-19)15-33-35-27(37)21-5-1-3-7-25(21)39-40-26-8-4-2-6-22(26)28(38)36-34-16-18-10-12-20(30)14-24(18)32/h1-14,33-34H,15-16H2,(H,35,37)(H,36,38). The summed E-state index contributed by atoms with van der Waals surface area (Å²) in [5, 5.41) is 2.10. The van der Waals surface area contributed by atoms with E-state index in [1.165, 1.54) is 21.6 Å². The van der Waals surface area contributed by atoms with E-state index in [4.69, 9.17) is 46.4 Å². The lowest BCUT2D eigenvalue weighted by atomic mass is 10.2. The third kappa shape index (κ3) is 8.55. The van der Waals surface area contributed by atoms with E-state index in [1.807, 2.05) is 24.3 Å². The zero-order valence-electron chi connectivity index (χ0n) is 20.6. The Labute approximate surface area is 259 Å². The molecule has 2 amide bonds. The van der Waals surface area contributed by atoms with Crippen molar-refractivity contribution in [1.29, 1.82) is 0 Å². The molecule has 0 radical (unpaired) electrons. The van der Waals surface area contributed by atoms with Gasteiger partial charge in [0.15, 0.2) is 0 Å². The third-order valence-corrected chi connectivity index (χ3v) is 9.13. The Hall–Kier alpha value is -2.40. The minimum absolute atomic E-state index is 0.301. The molecule has 4 rings (SSSR count). The number of hydrazine groups is 2. The van der Waals surface area contributed by atoms with Crippen LogP contribution >= 0.6 is 68.0 Å². The summed E-state index contributed by atoms with van der Waals surface area (Å²) in [4.78, 5) is 27.3. The Morgan fingerprint density at radius 2 is 0.975 bits per heavy atom. The van der Waals surface area contributed by atoms with Gasteiger partial charge in [-0.15, -0.1) is 0 Å². The average Bonchev–Trinajstić information content (AvgIpc) is 2.94. The van der Waals surface area contributed by atoms with Crippen molar-refractivity contribution in [3.8, 4) is 0 Å². The minimum Gasteiger partial charge on any atom is -0.287 e. The monoisotopic (exact) mass is 650 g/mol. The number of nitrogens with one attached hydrogen (secondary N) is 4. The summed E-state index contributed by atoms with van der Waals surface area (Å²) in [6.07, 6.45) is 0. The van der Waals surface area contributed by atoms with E-state index in [2.05, 4.69) is 21.7 Å². The first-order chi connectivity index (χ1) is 19.3. The van der Waals surface area contributed by atoms with Crippen molar-refractivity contribution in [1.82, 2.24) is 21.7 Å². The summed E-state index contributed by atoms with van der Waals surface area (Å²) in [6.45, 7) is 0.652. The Bertz CT molecular complexity index is 1410. The molecule has 0 aromatic heterocycles. The van der Waals surface area contributed by atoms with E-state index in [9.17, 15) is 9.59 Å². The number of carbonyl (C=O) groups excluding carboxylic acids is 2. The van der Waals surface area contributed by atoms with E-state index in [-0.39, 0.29) is 11.8 Å². The second-order valence-corrected chi connectivity index (χ2v) is 12.1. The largest absolute Gasteiger partial charge is 0.287 e. The molecular formula is C28H22Cl4N4O2S2. The lowest BCUT2D eigenvalue weighted by molar-refractivity contribution is 0.0921. The maximum absolute atomic E-state index is 12.9. The number of hydrogen-bond acceptors (Lipinski definition) is 6. The first kappa shape index (κ1) is 30.6. The smallest absolute Gasteiger partial charge is 0.266 e. The predicted octanol–water partition coefficient (Wildman–Crippen LogP) is 7.97. The second kappa shape index (κ2) is 15.0. The van der Waals surface area contributed by atoms with Crippen LogP contribution in [0.2, 0.25) is 20.1 Å². The Morgan fingerprint density at radius 3 is 1.38 bits per heavy atom. The van der Waals surface area contributed by atoms with Gasteiger partial charge >= 0.3 is 0 Å². The van der Waals surface area contributed by atoms with E-state index in [1.54, 1.807) is 60.7 Å². The molecule has 0 saturated heterocycles. The third-order valence-electron chi connectivity index (χ3n) is 5.48. The molecule has 0 atom stereocenters. The normalized spacial score (nSPS) is 10.8. The van der Waals surface area contributed by atoms with Crippen LogP contribution in [0.4, 0.5) is 0 Å². The van der Waals surface area contributed by atoms with Gasteiger partial charge in [0.2, 0.25) is 0 Å². The van der Waals surface area contributed by atoms with Crippen molar-refractivity contribution in [3.63, 3.8) is 0 Å². The van der Waals surface area contributed by atoms with Gasteiger partial charge in [0.25, 0.3) is 11.8 Å². The van der Waals surface area contributed by atoms with E-state index in [0.717, 1.165) is 20.9 Å². The van der Waals surface area contributed by atoms with Gasteiger partial charge in [-0.25, -0.2) is 10.9 Å². The van der Waals surface area contributed by atoms with Crippen molar-refractivity contribution in [2.24, 2.45) is 0 Å². The maximum Gasteiger partial charge on any atom is 0.266 e. The van der Waals surface area contributed by atoms with Crippen LogP contribution < -0.4 is 21.7 Å². The molecule has 0 fully saturated rings. The number of amides is 2. The summed E-state index contributed by atoms with van der Waals surface area (Å²) in [6, 6.07) is 24.8. The summed E-state index contributed by atoms with van der Waals surface area (Å²) in [5.41, 5.74) is 13.8. The van der Waals surface area contributed by atoms with Gasteiger partial charge in [-0.1, -0.05) is 104 Å². The van der Waals surface area contributed by atoms with Crippen LogP contribution in [0.3, 0.4) is 0 Å². The summed E-state index contributed by atoms with van der Waals surface area (Å²) in [7, 11) is 2.76. The fourth-order valence-corrected chi connectivity index (χ4v) is 6.76. The maximum atomic E-state index is 12.9. The van der Waals surface area contributed by atoms with E-state index < -0.39 is 0 Å². The number of carbonyl (C=O) groups is 2. The minimum atomic E-state index is -0.301. The van der Waals surface area contributed by atoms with Gasteiger partial charge in [0.05, 0.1) is 11.1 Å². The van der Waals surface area contributed by atoms with Crippen LogP contribution in [0, 0.1) is 0 Å². The molecule has 0 unspecified atom stereocenters. The molecule has 12 heteroatoms. The Balaban J connectivity index is 1.35. The molecule has 40 heavy (non-hydrogen) atoms. The first-order valence-corrected chi connectivity index (χ1v) is 15.4. The van der Waals surface area contributed by atoms with Crippen LogP contribution in [0.25, 0.3) is 0 Å². The highest BCUT2D eigenvalue weighted by molar-refractivity contribution is 8.76. The molecule has 4 aromatic carbocycles. The fraction of sp³-hybridized carbons (Fsp3) is 0.0714. The SMILES string of the molecule is O=C(NNCc1ccc(Cl)cc1Cl)c1ccccc1SSc1ccccc1C(=O)NNCc1ccc(Cl)cc1Cl. The topological polar surface area (TPSA) is 82.3 Å². The van der Waals surface area contributed by atoms with Crippen molar-refractivity contribution < 1.29 is 9.59 Å². The van der Waals surface area contributed by atoms with Gasteiger partial charge in [0.1, 0.15) is 0 Å². The molecule has 6 nitrogen and oxygen atoms in total. The Kier molecular flexibility index (Phi) is 11.5. The van der Waals surface area contributed by atoms with Crippen molar-refractivity contribution in [3.05, 3.63) is 127 Å². The van der Waals surface area contributed by atoms with Gasteiger partial charge in [-0.05, 0) is 59.7 Å². The van der Waals surface area contributed by atoms with Gasteiger partial charge in [-0.2, -0.15) is 0 Å². The average molecular weight is 652 g/mol. The molecule has 0 aliphatic rings. The lowest BCUT2D eigenvalue weighted by Crippen LogP contribution is -2.37. The molecule has 0 bridgehead atoms. The summed E-state index contributed by atoms with van der Waals surface area (Å²) >= 11 is 24.3. The highest BCUT2D eigenvalue weighted by Crippen LogP contribution is 2.40. The predicted molar refractivity (Wildman–Crippen MR) is 166 cm³/mol. The Morgan fingerprint density at radius 1 is 0.575 bits per heavy atom. The summed E-state index contributed by atoms with van der Waals surface area (Å²) < 4.78 is 0. The van der Waals surface area contributed by atoms with Crippen molar-refractivity contribution >= 4 is 79.8 Å². The summed E-state index contributed by atoms with van der Waals surface area (Å²) in [5.74, 6) is -0.602. The number of halogens is 4.